The fourth-order valence-corrected chi connectivity index (χ4v) is 1.78. The van der Waals surface area contributed by atoms with E-state index in [1.54, 1.807) is 0 Å². The van der Waals surface area contributed by atoms with Crippen LogP contribution >= 0.6 is 0 Å². The Bertz CT molecular complexity index is 360. The molecule has 3 heteroatoms. The van der Waals surface area contributed by atoms with E-state index in [0.717, 1.165) is 25.7 Å². The molecule has 1 fully saturated rings. The lowest BCUT2D eigenvalue weighted by Crippen LogP contribution is -2.41. The van der Waals surface area contributed by atoms with E-state index < -0.39 is 0 Å². The lowest BCUT2D eigenvalue weighted by molar-refractivity contribution is 0.237. The normalized spacial score (nSPS) is 16.3. The fraction of sp³-hybridized carbons (Fsp3) is 0.500. The topological polar surface area (TPSA) is 41.1 Å². The first-order valence-electron chi connectivity index (χ1n) is 6.35. The van der Waals surface area contributed by atoms with E-state index in [1.165, 1.54) is 5.56 Å². The summed E-state index contributed by atoms with van der Waals surface area (Å²) in [5.41, 5.74) is 1.32. The second kappa shape index (κ2) is 5.71. The molecule has 2 rings (SSSR count). The van der Waals surface area contributed by atoms with Crippen LogP contribution in [0.5, 0.6) is 0 Å². The molecule has 1 aliphatic carbocycles. The highest BCUT2D eigenvalue weighted by atomic mass is 16.2. The van der Waals surface area contributed by atoms with Gasteiger partial charge in [0.1, 0.15) is 0 Å². The van der Waals surface area contributed by atoms with Crippen molar-refractivity contribution in [3.05, 3.63) is 35.9 Å². The summed E-state index contributed by atoms with van der Waals surface area (Å²) in [7, 11) is 0. The number of aryl methyl sites for hydroxylation is 1. The molecule has 17 heavy (non-hydrogen) atoms. The number of amides is 2. The minimum absolute atomic E-state index is 0.0203. The molecule has 0 unspecified atom stereocenters. The zero-order valence-electron chi connectivity index (χ0n) is 10.3. The van der Waals surface area contributed by atoms with Gasteiger partial charge in [-0.1, -0.05) is 30.3 Å². The van der Waals surface area contributed by atoms with Crippen LogP contribution in [0.3, 0.4) is 0 Å². The Hall–Kier alpha value is -1.51. The molecule has 1 aromatic rings. The van der Waals surface area contributed by atoms with Crippen LogP contribution in [0, 0.1) is 0 Å². The van der Waals surface area contributed by atoms with E-state index in [1.807, 2.05) is 18.2 Å². The van der Waals surface area contributed by atoms with E-state index in [0.29, 0.717) is 6.04 Å². The van der Waals surface area contributed by atoms with Crippen molar-refractivity contribution >= 4 is 6.03 Å². The van der Waals surface area contributed by atoms with E-state index in [-0.39, 0.29) is 12.1 Å². The third kappa shape index (κ3) is 4.47. The number of rotatable bonds is 5. The zero-order chi connectivity index (χ0) is 12.1. The average Bonchev–Trinajstić information content (AvgIpc) is 3.11. The van der Waals surface area contributed by atoms with Crippen molar-refractivity contribution in [2.24, 2.45) is 0 Å². The summed E-state index contributed by atoms with van der Waals surface area (Å²) in [6.07, 6.45) is 4.24. The Labute approximate surface area is 103 Å². The van der Waals surface area contributed by atoms with Crippen molar-refractivity contribution in [2.75, 3.05) is 0 Å². The predicted octanol–water partition coefficient (Wildman–Crippen LogP) is 2.47. The highest BCUT2D eigenvalue weighted by Crippen LogP contribution is 2.18. The van der Waals surface area contributed by atoms with Gasteiger partial charge in [0.05, 0.1) is 0 Å². The Morgan fingerprint density at radius 1 is 1.35 bits per heavy atom. The first-order valence-corrected chi connectivity index (χ1v) is 6.35. The molecular formula is C14H20N2O. The number of hydrogen-bond donors (Lipinski definition) is 2. The van der Waals surface area contributed by atoms with Crippen molar-refractivity contribution < 1.29 is 4.79 Å². The molecule has 0 radical (unpaired) electrons. The minimum atomic E-state index is -0.0203. The number of carbonyl (C=O) groups excluding carboxylic acids is 1. The molecule has 2 N–H and O–H groups in total. The fourth-order valence-electron chi connectivity index (χ4n) is 1.78. The number of benzene rings is 1. The Morgan fingerprint density at radius 2 is 2.06 bits per heavy atom. The van der Waals surface area contributed by atoms with Crippen LogP contribution in [-0.2, 0) is 6.42 Å². The van der Waals surface area contributed by atoms with Gasteiger partial charge in [-0.3, -0.25) is 0 Å². The number of urea groups is 1. The van der Waals surface area contributed by atoms with Crippen LogP contribution in [0.2, 0.25) is 0 Å². The van der Waals surface area contributed by atoms with E-state index in [9.17, 15) is 4.79 Å². The number of carbonyl (C=O) groups is 1. The average molecular weight is 232 g/mol. The maximum Gasteiger partial charge on any atom is 0.315 e. The summed E-state index contributed by atoms with van der Waals surface area (Å²) in [4.78, 5) is 11.5. The van der Waals surface area contributed by atoms with Gasteiger partial charge in [-0.15, -0.1) is 0 Å². The van der Waals surface area contributed by atoms with Crippen molar-refractivity contribution in [1.29, 1.82) is 0 Å². The largest absolute Gasteiger partial charge is 0.336 e. The molecular weight excluding hydrogens is 212 g/mol. The van der Waals surface area contributed by atoms with Crippen LogP contribution in [0.4, 0.5) is 4.79 Å². The summed E-state index contributed by atoms with van der Waals surface area (Å²) in [5, 5.41) is 5.90. The van der Waals surface area contributed by atoms with Gasteiger partial charge in [-0.25, -0.2) is 4.79 Å². The molecule has 0 heterocycles. The summed E-state index contributed by atoms with van der Waals surface area (Å²) in [5.74, 6) is 0. The highest BCUT2D eigenvalue weighted by molar-refractivity contribution is 5.74. The molecule has 3 nitrogen and oxygen atoms in total. The lowest BCUT2D eigenvalue weighted by Gasteiger charge is -2.14. The van der Waals surface area contributed by atoms with Crippen LogP contribution in [0.25, 0.3) is 0 Å². The van der Waals surface area contributed by atoms with Gasteiger partial charge in [-0.2, -0.15) is 0 Å². The van der Waals surface area contributed by atoms with Gasteiger partial charge in [0.15, 0.2) is 0 Å². The molecule has 92 valence electrons. The van der Waals surface area contributed by atoms with Gasteiger partial charge in [-0.05, 0) is 38.2 Å². The lowest BCUT2D eigenvalue weighted by atomic mass is 10.1. The second-order valence-electron chi connectivity index (χ2n) is 4.82. The van der Waals surface area contributed by atoms with Crippen molar-refractivity contribution in [3.8, 4) is 0 Å². The van der Waals surface area contributed by atoms with Crippen molar-refractivity contribution in [1.82, 2.24) is 10.6 Å². The van der Waals surface area contributed by atoms with Gasteiger partial charge >= 0.3 is 6.03 Å². The molecule has 1 atom stereocenters. The molecule has 0 bridgehead atoms. The maximum atomic E-state index is 11.5. The van der Waals surface area contributed by atoms with E-state index in [4.69, 9.17) is 0 Å². The molecule has 0 saturated heterocycles. The molecule has 1 aliphatic rings. The SMILES string of the molecule is C[C@@H](CCc1ccccc1)NC(=O)NC1CC1. The van der Waals surface area contributed by atoms with Crippen LogP contribution < -0.4 is 10.6 Å². The molecule has 1 saturated carbocycles. The Kier molecular flexibility index (Phi) is 4.02. The third-order valence-corrected chi connectivity index (χ3v) is 3.00. The summed E-state index contributed by atoms with van der Waals surface area (Å²) >= 11 is 0. The third-order valence-electron chi connectivity index (χ3n) is 3.00. The monoisotopic (exact) mass is 232 g/mol. The number of nitrogens with one attached hydrogen (secondary N) is 2. The van der Waals surface area contributed by atoms with E-state index in [2.05, 4.69) is 29.7 Å². The predicted molar refractivity (Wildman–Crippen MR) is 68.9 cm³/mol. The van der Waals surface area contributed by atoms with Crippen molar-refractivity contribution in [3.63, 3.8) is 0 Å². The molecule has 0 aromatic heterocycles. The second-order valence-corrected chi connectivity index (χ2v) is 4.82. The quantitative estimate of drug-likeness (QED) is 0.804. The van der Waals surface area contributed by atoms with Gasteiger partial charge in [0, 0.05) is 12.1 Å². The molecule has 0 spiro atoms. The Balaban J connectivity index is 1.66. The van der Waals surface area contributed by atoms with Crippen LogP contribution in [-0.4, -0.2) is 18.1 Å². The highest BCUT2D eigenvalue weighted by Gasteiger charge is 2.23. The first kappa shape index (κ1) is 12.0. The molecule has 2 amide bonds. The summed E-state index contributed by atoms with van der Waals surface area (Å²) in [6, 6.07) is 11.0. The summed E-state index contributed by atoms with van der Waals surface area (Å²) in [6.45, 7) is 2.05. The smallest absolute Gasteiger partial charge is 0.315 e. The van der Waals surface area contributed by atoms with Gasteiger partial charge in [0.25, 0.3) is 0 Å². The molecule has 1 aromatic carbocycles. The summed E-state index contributed by atoms with van der Waals surface area (Å²) < 4.78 is 0. The van der Waals surface area contributed by atoms with E-state index >= 15 is 0 Å². The minimum Gasteiger partial charge on any atom is -0.336 e. The molecule has 0 aliphatic heterocycles. The standard InChI is InChI=1S/C14H20N2O/c1-11(15-14(17)16-13-9-10-13)7-8-12-5-3-2-4-6-12/h2-6,11,13H,7-10H2,1H3,(H2,15,16,17)/t11-/m0/s1. The first-order chi connectivity index (χ1) is 8.24. The van der Waals surface area contributed by atoms with Crippen LogP contribution in [0.1, 0.15) is 31.7 Å². The zero-order valence-corrected chi connectivity index (χ0v) is 10.3. The number of hydrogen-bond acceptors (Lipinski definition) is 1. The maximum absolute atomic E-state index is 11.5. The van der Waals surface area contributed by atoms with Gasteiger partial charge in [0.2, 0.25) is 0 Å². The van der Waals surface area contributed by atoms with Gasteiger partial charge < -0.3 is 10.6 Å². The van der Waals surface area contributed by atoms with Crippen molar-refractivity contribution in [2.45, 2.75) is 44.7 Å². The van der Waals surface area contributed by atoms with Crippen LogP contribution in [0.15, 0.2) is 30.3 Å². The Morgan fingerprint density at radius 3 is 2.71 bits per heavy atom.